The van der Waals surface area contributed by atoms with E-state index in [0.29, 0.717) is 13.2 Å². The first kappa shape index (κ1) is 9.48. The highest BCUT2D eigenvalue weighted by atomic mass is 16.5. The fraction of sp³-hybridized carbons (Fsp3) is 0.875. The summed E-state index contributed by atoms with van der Waals surface area (Å²) >= 11 is 0. The van der Waals surface area contributed by atoms with Crippen LogP contribution in [0.5, 0.6) is 0 Å². The van der Waals surface area contributed by atoms with E-state index in [4.69, 9.17) is 10.5 Å². The first-order valence-electron chi connectivity index (χ1n) is 4.17. The van der Waals surface area contributed by atoms with Crippen molar-refractivity contribution in [3.63, 3.8) is 0 Å². The zero-order valence-electron chi connectivity index (χ0n) is 7.29. The summed E-state index contributed by atoms with van der Waals surface area (Å²) in [5.74, 6) is -0.0897. The van der Waals surface area contributed by atoms with Crippen molar-refractivity contribution in [3.05, 3.63) is 0 Å². The van der Waals surface area contributed by atoms with Crippen molar-refractivity contribution < 1.29 is 14.3 Å². The number of ether oxygens (including phenoxy) is 2. The van der Waals surface area contributed by atoms with E-state index < -0.39 is 6.04 Å². The summed E-state index contributed by atoms with van der Waals surface area (Å²) in [7, 11) is 1.36. The van der Waals surface area contributed by atoms with Gasteiger partial charge in [0.2, 0.25) is 0 Å². The van der Waals surface area contributed by atoms with Gasteiger partial charge in [-0.2, -0.15) is 0 Å². The summed E-state index contributed by atoms with van der Waals surface area (Å²) in [6.45, 7) is 1.41. The van der Waals surface area contributed by atoms with Crippen molar-refractivity contribution in [1.82, 2.24) is 0 Å². The third kappa shape index (κ3) is 2.19. The molecule has 0 aromatic heterocycles. The SMILES string of the molecule is COC(=O)[C@H](N)C1CCOCC1. The van der Waals surface area contributed by atoms with Crippen molar-refractivity contribution in [3.8, 4) is 0 Å². The van der Waals surface area contributed by atoms with E-state index >= 15 is 0 Å². The second kappa shape index (κ2) is 4.42. The Labute approximate surface area is 72.0 Å². The van der Waals surface area contributed by atoms with Crippen LogP contribution in [0.4, 0.5) is 0 Å². The first-order chi connectivity index (χ1) is 5.75. The summed E-state index contributed by atoms with van der Waals surface area (Å²) in [5.41, 5.74) is 5.67. The van der Waals surface area contributed by atoms with Crippen molar-refractivity contribution in [1.29, 1.82) is 0 Å². The maximum absolute atomic E-state index is 11.0. The van der Waals surface area contributed by atoms with Crippen LogP contribution in [0.15, 0.2) is 0 Å². The van der Waals surface area contributed by atoms with E-state index in [2.05, 4.69) is 4.74 Å². The lowest BCUT2D eigenvalue weighted by Crippen LogP contribution is -2.41. The van der Waals surface area contributed by atoms with Gasteiger partial charge in [0.15, 0.2) is 0 Å². The minimum atomic E-state index is -0.473. The Bertz CT molecular complexity index is 154. The van der Waals surface area contributed by atoms with Crippen LogP contribution in [0.25, 0.3) is 0 Å². The van der Waals surface area contributed by atoms with Crippen molar-refractivity contribution >= 4 is 5.97 Å². The van der Waals surface area contributed by atoms with Crippen LogP contribution in [0.1, 0.15) is 12.8 Å². The molecule has 0 radical (unpaired) electrons. The van der Waals surface area contributed by atoms with E-state index in [-0.39, 0.29) is 11.9 Å². The highest BCUT2D eigenvalue weighted by molar-refractivity contribution is 5.75. The molecular formula is C8H15NO3. The van der Waals surface area contributed by atoms with Gasteiger partial charge >= 0.3 is 5.97 Å². The molecule has 1 atom stereocenters. The highest BCUT2D eigenvalue weighted by Crippen LogP contribution is 2.17. The number of hydrogen-bond acceptors (Lipinski definition) is 4. The third-order valence-corrected chi connectivity index (χ3v) is 2.25. The molecular weight excluding hydrogens is 158 g/mol. The van der Waals surface area contributed by atoms with Crippen LogP contribution >= 0.6 is 0 Å². The standard InChI is InChI=1S/C8H15NO3/c1-11-8(10)7(9)6-2-4-12-5-3-6/h6-7H,2-5,9H2,1H3/t7-/m1/s1. The van der Waals surface area contributed by atoms with E-state index in [1.54, 1.807) is 0 Å². The van der Waals surface area contributed by atoms with E-state index in [0.717, 1.165) is 12.8 Å². The Hall–Kier alpha value is -0.610. The molecule has 1 fully saturated rings. The lowest BCUT2D eigenvalue weighted by atomic mass is 9.92. The number of methoxy groups -OCH3 is 1. The molecule has 1 aliphatic rings. The summed E-state index contributed by atoms with van der Waals surface area (Å²) in [5, 5.41) is 0. The van der Waals surface area contributed by atoms with Crippen LogP contribution in [0.2, 0.25) is 0 Å². The maximum Gasteiger partial charge on any atom is 0.322 e. The molecule has 0 aromatic carbocycles. The average Bonchev–Trinajstić information content (AvgIpc) is 2.17. The second-order valence-corrected chi connectivity index (χ2v) is 3.00. The van der Waals surface area contributed by atoms with Crippen LogP contribution < -0.4 is 5.73 Å². The second-order valence-electron chi connectivity index (χ2n) is 3.00. The van der Waals surface area contributed by atoms with Gasteiger partial charge in [0.25, 0.3) is 0 Å². The molecule has 12 heavy (non-hydrogen) atoms. The van der Waals surface area contributed by atoms with Gasteiger partial charge in [-0.05, 0) is 18.8 Å². The number of rotatable bonds is 2. The number of nitrogens with two attached hydrogens (primary N) is 1. The van der Waals surface area contributed by atoms with Gasteiger partial charge in [-0.3, -0.25) is 4.79 Å². The summed E-state index contributed by atoms with van der Waals surface area (Å²) in [6.07, 6.45) is 1.71. The molecule has 0 aliphatic carbocycles. The van der Waals surface area contributed by atoms with Crippen LogP contribution in [0, 0.1) is 5.92 Å². The van der Waals surface area contributed by atoms with Crippen molar-refractivity contribution in [2.75, 3.05) is 20.3 Å². The Morgan fingerprint density at radius 1 is 1.58 bits per heavy atom. The molecule has 2 N–H and O–H groups in total. The molecule has 4 heteroatoms. The zero-order valence-corrected chi connectivity index (χ0v) is 7.29. The molecule has 0 spiro atoms. The molecule has 1 aliphatic heterocycles. The van der Waals surface area contributed by atoms with Gasteiger partial charge in [0, 0.05) is 13.2 Å². The number of esters is 1. The Morgan fingerprint density at radius 3 is 2.67 bits per heavy atom. The van der Waals surface area contributed by atoms with Crippen LogP contribution in [-0.2, 0) is 14.3 Å². The van der Waals surface area contributed by atoms with Gasteiger partial charge < -0.3 is 15.2 Å². The van der Waals surface area contributed by atoms with E-state index in [1.807, 2.05) is 0 Å². The molecule has 1 heterocycles. The number of carbonyl (C=O) groups excluding carboxylic acids is 1. The molecule has 0 aromatic rings. The van der Waals surface area contributed by atoms with Crippen LogP contribution in [0.3, 0.4) is 0 Å². The van der Waals surface area contributed by atoms with Crippen molar-refractivity contribution in [2.24, 2.45) is 11.7 Å². The quantitative estimate of drug-likeness (QED) is 0.593. The average molecular weight is 173 g/mol. The molecule has 0 bridgehead atoms. The smallest absolute Gasteiger partial charge is 0.322 e. The monoisotopic (exact) mass is 173 g/mol. The molecule has 1 saturated heterocycles. The topological polar surface area (TPSA) is 61.5 Å². The van der Waals surface area contributed by atoms with Crippen molar-refractivity contribution in [2.45, 2.75) is 18.9 Å². The Balaban J connectivity index is 2.39. The van der Waals surface area contributed by atoms with Gasteiger partial charge in [-0.1, -0.05) is 0 Å². The van der Waals surface area contributed by atoms with Gasteiger partial charge in [0.05, 0.1) is 7.11 Å². The van der Waals surface area contributed by atoms with Gasteiger partial charge in [-0.15, -0.1) is 0 Å². The molecule has 70 valence electrons. The lowest BCUT2D eigenvalue weighted by molar-refractivity contribution is -0.144. The third-order valence-electron chi connectivity index (χ3n) is 2.25. The van der Waals surface area contributed by atoms with E-state index in [9.17, 15) is 4.79 Å². The summed E-state index contributed by atoms with van der Waals surface area (Å²) in [6, 6.07) is -0.473. The van der Waals surface area contributed by atoms with Gasteiger partial charge in [0.1, 0.15) is 6.04 Å². The Morgan fingerprint density at radius 2 is 2.17 bits per heavy atom. The fourth-order valence-corrected chi connectivity index (χ4v) is 1.40. The number of hydrogen-bond donors (Lipinski definition) is 1. The Kier molecular flexibility index (Phi) is 3.49. The predicted molar refractivity (Wildman–Crippen MR) is 43.5 cm³/mol. The molecule has 1 rings (SSSR count). The first-order valence-corrected chi connectivity index (χ1v) is 4.17. The van der Waals surface area contributed by atoms with Crippen LogP contribution in [-0.4, -0.2) is 32.3 Å². The van der Waals surface area contributed by atoms with E-state index in [1.165, 1.54) is 7.11 Å². The molecule has 0 saturated carbocycles. The normalized spacial score (nSPS) is 21.8. The maximum atomic E-state index is 11.0. The summed E-state index contributed by atoms with van der Waals surface area (Å²) < 4.78 is 9.72. The summed E-state index contributed by atoms with van der Waals surface area (Å²) in [4.78, 5) is 11.0. The lowest BCUT2D eigenvalue weighted by Gasteiger charge is -2.25. The highest BCUT2D eigenvalue weighted by Gasteiger charge is 2.26. The minimum absolute atomic E-state index is 0.228. The molecule has 0 amide bonds. The fourth-order valence-electron chi connectivity index (χ4n) is 1.40. The largest absolute Gasteiger partial charge is 0.468 e. The zero-order chi connectivity index (χ0) is 8.97. The minimum Gasteiger partial charge on any atom is -0.468 e. The van der Waals surface area contributed by atoms with Gasteiger partial charge in [-0.25, -0.2) is 0 Å². The molecule has 0 unspecified atom stereocenters. The molecule has 4 nitrogen and oxygen atoms in total. The predicted octanol–water partition coefficient (Wildman–Crippen LogP) is -0.0867. The number of carbonyl (C=O) groups is 1.